The maximum atomic E-state index is 11.5. The van der Waals surface area contributed by atoms with E-state index in [1.165, 1.54) is 4.68 Å². The lowest BCUT2D eigenvalue weighted by Crippen LogP contribution is -2.25. The van der Waals surface area contributed by atoms with E-state index in [0.717, 1.165) is 5.69 Å². The molecule has 0 fully saturated rings. The molecule has 0 saturated heterocycles. The second-order valence-corrected chi connectivity index (χ2v) is 3.71. The first-order chi connectivity index (χ1) is 6.59. The normalized spacial score (nSPS) is 20.5. The van der Waals surface area contributed by atoms with Crippen LogP contribution in [0.3, 0.4) is 0 Å². The van der Waals surface area contributed by atoms with Gasteiger partial charge in [0.2, 0.25) is 0 Å². The first-order valence-electron chi connectivity index (χ1n) is 4.59. The van der Waals surface area contributed by atoms with Crippen LogP contribution in [-0.4, -0.2) is 20.9 Å². The number of carbonyl (C=O) groups is 1. The molecule has 14 heavy (non-hydrogen) atoms. The summed E-state index contributed by atoms with van der Waals surface area (Å²) in [5, 5.41) is 11.8. The van der Waals surface area contributed by atoms with Crippen molar-refractivity contribution in [3.63, 3.8) is 0 Å². The molecule has 0 bridgehead atoms. The summed E-state index contributed by atoms with van der Waals surface area (Å²) in [5.41, 5.74) is 1.45. The van der Waals surface area contributed by atoms with Crippen molar-refractivity contribution in [3.05, 3.63) is 21.6 Å². The van der Waals surface area contributed by atoms with Crippen molar-refractivity contribution in [1.29, 1.82) is 0 Å². The molecule has 0 aliphatic heterocycles. The van der Waals surface area contributed by atoms with E-state index in [2.05, 4.69) is 5.10 Å². The summed E-state index contributed by atoms with van der Waals surface area (Å²) in [6, 6.07) is 0. The summed E-state index contributed by atoms with van der Waals surface area (Å²) in [4.78, 5) is 22.3. The number of H-pyrrole nitrogens is 1. The van der Waals surface area contributed by atoms with Crippen LogP contribution in [0, 0.1) is 5.92 Å². The lowest BCUT2D eigenvalue weighted by atomic mass is 9.88. The van der Waals surface area contributed by atoms with Gasteiger partial charge in [0.1, 0.15) is 0 Å². The summed E-state index contributed by atoms with van der Waals surface area (Å²) < 4.78 is 1.41. The average Bonchev–Trinajstić information content (AvgIpc) is 2.43. The standard InChI is InChI=1S/C9H12N2O3/c1-11-8(12)6-4-5(9(13)14)2-3-7(6)10-11/h5,10H,2-4H2,1H3,(H,13,14). The van der Waals surface area contributed by atoms with Crippen molar-refractivity contribution in [3.8, 4) is 0 Å². The number of carboxylic acids is 1. The van der Waals surface area contributed by atoms with Crippen LogP contribution < -0.4 is 5.56 Å². The molecular formula is C9H12N2O3. The Kier molecular flexibility index (Phi) is 1.94. The number of nitrogens with one attached hydrogen (secondary N) is 1. The number of aromatic nitrogens is 2. The minimum Gasteiger partial charge on any atom is -0.481 e. The van der Waals surface area contributed by atoms with Crippen LogP contribution in [0.25, 0.3) is 0 Å². The number of nitrogens with zero attached hydrogens (tertiary/aromatic N) is 1. The Morgan fingerprint density at radius 1 is 1.64 bits per heavy atom. The maximum absolute atomic E-state index is 11.5. The molecule has 1 aromatic rings. The third kappa shape index (κ3) is 1.25. The zero-order chi connectivity index (χ0) is 10.3. The van der Waals surface area contributed by atoms with Gasteiger partial charge in [-0.2, -0.15) is 0 Å². The minimum absolute atomic E-state index is 0.0917. The third-order valence-electron chi connectivity index (χ3n) is 2.77. The Labute approximate surface area is 80.3 Å². The molecule has 1 atom stereocenters. The highest BCUT2D eigenvalue weighted by Gasteiger charge is 2.27. The lowest BCUT2D eigenvalue weighted by Gasteiger charge is -2.16. The summed E-state index contributed by atoms with van der Waals surface area (Å²) >= 11 is 0. The van der Waals surface area contributed by atoms with Crippen LogP contribution in [0.15, 0.2) is 4.79 Å². The van der Waals surface area contributed by atoms with Crippen molar-refractivity contribution in [2.24, 2.45) is 13.0 Å². The topological polar surface area (TPSA) is 75.1 Å². The molecular weight excluding hydrogens is 184 g/mol. The fourth-order valence-corrected chi connectivity index (χ4v) is 1.95. The Morgan fingerprint density at radius 2 is 2.36 bits per heavy atom. The predicted octanol–water partition coefficient (Wildman–Crippen LogP) is -0.0971. The lowest BCUT2D eigenvalue weighted by molar-refractivity contribution is -0.142. The fraction of sp³-hybridized carbons (Fsp3) is 0.556. The zero-order valence-corrected chi connectivity index (χ0v) is 7.91. The van der Waals surface area contributed by atoms with Crippen molar-refractivity contribution in [2.45, 2.75) is 19.3 Å². The van der Waals surface area contributed by atoms with Gasteiger partial charge in [0.25, 0.3) is 5.56 Å². The number of hydrogen-bond acceptors (Lipinski definition) is 2. The van der Waals surface area contributed by atoms with Crippen LogP contribution in [0.2, 0.25) is 0 Å². The first kappa shape index (κ1) is 9.05. The van der Waals surface area contributed by atoms with Gasteiger partial charge >= 0.3 is 5.97 Å². The molecule has 1 heterocycles. The molecule has 5 heteroatoms. The van der Waals surface area contributed by atoms with E-state index in [4.69, 9.17) is 5.11 Å². The third-order valence-corrected chi connectivity index (χ3v) is 2.77. The Balaban J connectivity index is 2.38. The molecule has 0 saturated carbocycles. The van der Waals surface area contributed by atoms with E-state index in [0.29, 0.717) is 24.8 Å². The molecule has 1 aromatic heterocycles. The number of aromatic amines is 1. The molecule has 1 aliphatic rings. The molecule has 76 valence electrons. The highest BCUT2D eigenvalue weighted by molar-refractivity contribution is 5.70. The molecule has 1 aliphatic carbocycles. The Bertz CT molecular complexity index is 430. The van der Waals surface area contributed by atoms with Gasteiger partial charge in [0.15, 0.2) is 0 Å². The van der Waals surface area contributed by atoms with E-state index < -0.39 is 11.9 Å². The molecule has 5 nitrogen and oxygen atoms in total. The number of aryl methyl sites for hydroxylation is 2. The molecule has 1 unspecified atom stereocenters. The van der Waals surface area contributed by atoms with Gasteiger partial charge in [-0.25, -0.2) is 0 Å². The summed E-state index contributed by atoms with van der Waals surface area (Å²) in [6.45, 7) is 0. The summed E-state index contributed by atoms with van der Waals surface area (Å²) in [5.74, 6) is -1.20. The van der Waals surface area contributed by atoms with Gasteiger partial charge in [0, 0.05) is 18.3 Å². The monoisotopic (exact) mass is 196 g/mol. The fourth-order valence-electron chi connectivity index (χ4n) is 1.95. The number of carboxylic acid groups (broad SMARTS) is 1. The number of rotatable bonds is 1. The SMILES string of the molecule is Cn1[nH]c2c(c1=O)CC(C(=O)O)CC2. The second kappa shape index (κ2) is 3.01. The highest BCUT2D eigenvalue weighted by atomic mass is 16.4. The van der Waals surface area contributed by atoms with Crippen LogP contribution >= 0.6 is 0 Å². The zero-order valence-electron chi connectivity index (χ0n) is 7.91. The van der Waals surface area contributed by atoms with Gasteiger partial charge in [-0.15, -0.1) is 0 Å². The molecule has 0 amide bonds. The number of aliphatic carboxylic acids is 1. The number of hydrogen-bond donors (Lipinski definition) is 2. The molecule has 2 N–H and O–H groups in total. The largest absolute Gasteiger partial charge is 0.481 e. The van der Waals surface area contributed by atoms with Gasteiger partial charge in [0.05, 0.1) is 5.92 Å². The van der Waals surface area contributed by atoms with Crippen molar-refractivity contribution < 1.29 is 9.90 Å². The molecule has 0 aromatic carbocycles. The molecule has 0 radical (unpaired) electrons. The van der Waals surface area contributed by atoms with Crippen LogP contribution in [-0.2, 0) is 24.7 Å². The van der Waals surface area contributed by atoms with E-state index in [-0.39, 0.29) is 5.56 Å². The van der Waals surface area contributed by atoms with Crippen molar-refractivity contribution in [1.82, 2.24) is 9.78 Å². The molecule has 0 spiro atoms. The summed E-state index contributed by atoms with van der Waals surface area (Å²) in [7, 11) is 1.65. The van der Waals surface area contributed by atoms with Gasteiger partial charge in [-0.1, -0.05) is 0 Å². The van der Waals surface area contributed by atoms with Gasteiger partial charge in [-0.05, 0) is 19.3 Å². The smallest absolute Gasteiger partial charge is 0.306 e. The van der Waals surface area contributed by atoms with Gasteiger partial charge in [-0.3, -0.25) is 19.4 Å². The Hall–Kier alpha value is -1.52. The van der Waals surface area contributed by atoms with Crippen molar-refractivity contribution >= 4 is 5.97 Å². The Morgan fingerprint density at radius 3 is 3.00 bits per heavy atom. The predicted molar refractivity (Wildman–Crippen MR) is 49.2 cm³/mol. The molecule has 2 rings (SSSR count). The maximum Gasteiger partial charge on any atom is 0.306 e. The summed E-state index contributed by atoms with van der Waals surface area (Å²) in [6.07, 6.45) is 1.63. The first-order valence-corrected chi connectivity index (χ1v) is 4.59. The highest BCUT2D eigenvalue weighted by Crippen LogP contribution is 2.21. The van der Waals surface area contributed by atoms with Crippen LogP contribution in [0.1, 0.15) is 17.7 Å². The second-order valence-electron chi connectivity index (χ2n) is 3.71. The van der Waals surface area contributed by atoms with Crippen LogP contribution in [0.5, 0.6) is 0 Å². The average molecular weight is 196 g/mol. The number of fused-ring (bicyclic) bond motifs is 1. The van der Waals surface area contributed by atoms with E-state index >= 15 is 0 Å². The van der Waals surface area contributed by atoms with E-state index in [1.54, 1.807) is 7.05 Å². The van der Waals surface area contributed by atoms with Crippen molar-refractivity contribution in [2.75, 3.05) is 0 Å². The quantitative estimate of drug-likeness (QED) is 0.658. The van der Waals surface area contributed by atoms with Crippen LogP contribution in [0.4, 0.5) is 0 Å². The van der Waals surface area contributed by atoms with Gasteiger partial charge < -0.3 is 5.11 Å². The minimum atomic E-state index is -0.807. The van der Waals surface area contributed by atoms with E-state index in [9.17, 15) is 9.59 Å². The van der Waals surface area contributed by atoms with E-state index in [1.807, 2.05) is 0 Å².